The molecule has 1 aliphatic carbocycles. The molecule has 13 heteroatoms. The maximum Gasteiger partial charge on any atom is 0.407 e. The molecular weight excluding hydrogens is 582 g/mol. The number of nitriles is 1. The minimum Gasteiger partial charge on any atom is -0.453 e. The van der Waals surface area contributed by atoms with Gasteiger partial charge in [0.2, 0.25) is 5.95 Å². The number of pyridine rings is 1. The molecule has 1 saturated carbocycles. The van der Waals surface area contributed by atoms with Crippen molar-refractivity contribution in [3.8, 4) is 17.3 Å². The lowest BCUT2D eigenvalue weighted by molar-refractivity contribution is 0.0674. The average Bonchev–Trinajstić information content (AvgIpc) is 3.44. The maximum atomic E-state index is 15.6. The van der Waals surface area contributed by atoms with Crippen molar-refractivity contribution in [2.75, 3.05) is 25.6 Å². The summed E-state index contributed by atoms with van der Waals surface area (Å²) in [4.78, 5) is 20.6. The number of alkyl carbamates (subject to hydrolysis) is 1. The number of amides is 1. The molecule has 1 amide bonds. The third-order valence-corrected chi connectivity index (χ3v) is 9.09. The molecule has 4 N–H and O–H groups in total. The molecule has 45 heavy (non-hydrogen) atoms. The number of anilines is 2. The summed E-state index contributed by atoms with van der Waals surface area (Å²) in [6.07, 6.45) is 6.61. The summed E-state index contributed by atoms with van der Waals surface area (Å²) in [5.41, 5.74) is 7.87. The Morgan fingerprint density at radius 2 is 1.93 bits per heavy atom. The van der Waals surface area contributed by atoms with Crippen LogP contribution in [-0.2, 0) is 14.9 Å². The van der Waals surface area contributed by atoms with Crippen molar-refractivity contribution >= 4 is 23.2 Å². The average molecular weight is 617 g/mol. The zero-order valence-corrected chi connectivity index (χ0v) is 25.0. The first kappa shape index (κ1) is 30.4. The molecule has 3 aromatic heterocycles. The van der Waals surface area contributed by atoms with E-state index in [2.05, 4.69) is 31.8 Å². The molecule has 11 nitrogen and oxygen atoms in total. The van der Waals surface area contributed by atoms with Crippen molar-refractivity contribution in [1.82, 2.24) is 24.9 Å². The van der Waals surface area contributed by atoms with Crippen molar-refractivity contribution in [3.05, 3.63) is 71.7 Å². The first-order valence-electron chi connectivity index (χ1n) is 14.9. The lowest BCUT2D eigenvalue weighted by Crippen LogP contribution is -2.54. The standard InChI is InChI=1S/C32H34F2N8O3/c1-18-11-19(12-25(36)29(18)40-31(43)44-2)22-5-8-37-16-27(22)39-30-38-15-21-3-4-26(41-42(21)30)28-23(33)13-20(14-24(28)34)32(17-35)6-9-45-10-7-32/h3-5,8,13-16,18-19,25,29H,6-7,9-12,36H2,1-2H3,(H,38,39)(H,40,43)/t18-,19+,25+,29-/m0/s1. The van der Waals surface area contributed by atoms with Crippen LogP contribution in [0.2, 0.25) is 0 Å². The third kappa shape index (κ3) is 5.79. The van der Waals surface area contributed by atoms with E-state index in [-0.39, 0.29) is 35.2 Å². The van der Waals surface area contributed by atoms with E-state index in [0.717, 1.165) is 12.0 Å². The summed E-state index contributed by atoms with van der Waals surface area (Å²) in [6, 6.07) is 9.36. The van der Waals surface area contributed by atoms with Crippen LogP contribution in [0.4, 0.5) is 25.2 Å². The SMILES string of the molecule is COC(=O)N[C@@H]1[C@H](N)C[C@H](c2ccncc2Nc2ncc3ccc(-c4c(F)cc(C5(C#N)CCOCC5)cc4F)nn23)C[C@@H]1C. The minimum atomic E-state index is -1.00. The van der Waals surface area contributed by atoms with E-state index in [1.807, 2.05) is 13.0 Å². The lowest BCUT2D eigenvalue weighted by atomic mass is 9.73. The number of hydrogen-bond acceptors (Lipinski definition) is 9. The number of hydrogen-bond donors (Lipinski definition) is 3. The van der Waals surface area contributed by atoms with E-state index in [1.54, 1.807) is 24.7 Å². The smallest absolute Gasteiger partial charge is 0.407 e. The van der Waals surface area contributed by atoms with E-state index in [4.69, 9.17) is 15.2 Å². The van der Waals surface area contributed by atoms with Crippen molar-refractivity contribution in [2.45, 2.75) is 56.0 Å². The molecule has 1 saturated heterocycles. The number of imidazole rings is 1. The molecule has 6 rings (SSSR count). The molecule has 1 aromatic carbocycles. The number of aromatic nitrogens is 4. The van der Waals surface area contributed by atoms with E-state index in [1.165, 1.54) is 29.8 Å². The number of methoxy groups -OCH3 is 1. The zero-order valence-electron chi connectivity index (χ0n) is 25.0. The van der Waals surface area contributed by atoms with Crippen LogP contribution in [-0.4, -0.2) is 58.1 Å². The highest BCUT2D eigenvalue weighted by Crippen LogP contribution is 2.40. The summed E-state index contributed by atoms with van der Waals surface area (Å²) in [6.45, 7) is 2.75. The fourth-order valence-electron chi connectivity index (χ4n) is 6.65. The second-order valence-electron chi connectivity index (χ2n) is 11.8. The van der Waals surface area contributed by atoms with Gasteiger partial charge in [-0.15, -0.1) is 0 Å². The summed E-state index contributed by atoms with van der Waals surface area (Å²) >= 11 is 0. The topological polar surface area (TPSA) is 152 Å². The molecule has 1 aliphatic heterocycles. The van der Waals surface area contributed by atoms with Gasteiger partial charge >= 0.3 is 6.09 Å². The van der Waals surface area contributed by atoms with Gasteiger partial charge in [0.1, 0.15) is 11.6 Å². The Bertz CT molecular complexity index is 1730. The molecule has 0 spiro atoms. The van der Waals surface area contributed by atoms with Gasteiger partial charge in [-0.1, -0.05) is 6.92 Å². The zero-order chi connectivity index (χ0) is 31.7. The summed E-state index contributed by atoms with van der Waals surface area (Å²) in [5.74, 6) is -1.11. The second kappa shape index (κ2) is 12.4. The van der Waals surface area contributed by atoms with Crippen LogP contribution in [0.5, 0.6) is 0 Å². The Morgan fingerprint density at radius 3 is 2.62 bits per heavy atom. The van der Waals surface area contributed by atoms with Gasteiger partial charge in [-0.25, -0.2) is 18.6 Å². The molecule has 4 heterocycles. The van der Waals surface area contributed by atoms with Crippen LogP contribution in [0, 0.1) is 28.9 Å². The number of nitrogens with two attached hydrogens (primary N) is 1. The highest BCUT2D eigenvalue weighted by Gasteiger charge is 2.37. The molecule has 0 bridgehead atoms. The number of rotatable bonds is 6. The Kier molecular flexibility index (Phi) is 8.35. The van der Waals surface area contributed by atoms with Crippen molar-refractivity contribution in [1.29, 1.82) is 5.26 Å². The van der Waals surface area contributed by atoms with Crippen molar-refractivity contribution in [3.63, 3.8) is 0 Å². The van der Waals surface area contributed by atoms with Crippen LogP contribution in [0.1, 0.15) is 49.7 Å². The van der Waals surface area contributed by atoms with Crippen molar-refractivity contribution in [2.24, 2.45) is 11.7 Å². The fourth-order valence-corrected chi connectivity index (χ4v) is 6.65. The summed E-state index contributed by atoms with van der Waals surface area (Å²) in [5, 5.41) is 20.6. The van der Waals surface area contributed by atoms with Crippen LogP contribution < -0.4 is 16.4 Å². The Hall–Kier alpha value is -4.67. The second-order valence-corrected chi connectivity index (χ2v) is 11.8. The molecule has 2 fully saturated rings. The van der Waals surface area contributed by atoms with E-state index in [9.17, 15) is 10.1 Å². The van der Waals surface area contributed by atoms with Crippen LogP contribution >= 0.6 is 0 Å². The van der Waals surface area contributed by atoms with E-state index in [0.29, 0.717) is 55.2 Å². The van der Waals surface area contributed by atoms with Crippen molar-refractivity contribution < 1.29 is 23.0 Å². The first-order chi connectivity index (χ1) is 21.7. The lowest BCUT2D eigenvalue weighted by Gasteiger charge is -2.39. The van der Waals surface area contributed by atoms with Crippen LogP contribution in [0.15, 0.2) is 48.9 Å². The highest BCUT2D eigenvalue weighted by molar-refractivity contribution is 5.68. The predicted molar refractivity (Wildman–Crippen MR) is 162 cm³/mol. The van der Waals surface area contributed by atoms with Crippen LogP contribution in [0.25, 0.3) is 16.8 Å². The summed E-state index contributed by atoms with van der Waals surface area (Å²) in [7, 11) is 1.32. The molecule has 0 unspecified atom stereocenters. The highest BCUT2D eigenvalue weighted by atomic mass is 19.1. The van der Waals surface area contributed by atoms with Gasteiger partial charge in [-0.05, 0) is 79.0 Å². The maximum absolute atomic E-state index is 15.6. The van der Waals surface area contributed by atoms with Gasteiger partial charge in [0, 0.05) is 31.5 Å². The number of carbonyl (C=O) groups is 1. The van der Waals surface area contributed by atoms with E-state index < -0.39 is 23.1 Å². The minimum absolute atomic E-state index is 0.0695. The Labute approximate surface area is 258 Å². The Morgan fingerprint density at radius 1 is 1.18 bits per heavy atom. The predicted octanol–water partition coefficient (Wildman–Crippen LogP) is 4.95. The molecule has 4 aromatic rings. The number of fused-ring (bicyclic) bond motifs is 1. The monoisotopic (exact) mass is 616 g/mol. The largest absolute Gasteiger partial charge is 0.453 e. The molecule has 4 atom stereocenters. The summed E-state index contributed by atoms with van der Waals surface area (Å²) < 4.78 is 42.7. The van der Waals surface area contributed by atoms with Gasteiger partial charge in [0.05, 0.1) is 53.4 Å². The normalized spacial score (nSPS) is 22.8. The third-order valence-electron chi connectivity index (χ3n) is 9.09. The van der Waals surface area contributed by atoms with Gasteiger partial charge in [0.25, 0.3) is 0 Å². The fraction of sp³-hybridized carbons (Fsp3) is 0.406. The van der Waals surface area contributed by atoms with E-state index >= 15 is 8.78 Å². The molecule has 2 aliphatic rings. The quantitative estimate of drug-likeness (QED) is 0.273. The van der Waals surface area contributed by atoms with Crippen LogP contribution in [0.3, 0.4) is 0 Å². The van der Waals surface area contributed by atoms with Gasteiger partial charge in [-0.3, -0.25) is 4.98 Å². The molecule has 234 valence electrons. The number of nitrogens with zero attached hydrogens (tertiary/aromatic N) is 5. The Balaban J connectivity index is 1.29. The number of ether oxygens (including phenoxy) is 2. The number of carbonyl (C=O) groups excluding carboxylic acids is 1. The number of benzene rings is 1. The molecule has 0 radical (unpaired) electrons. The van der Waals surface area contributed by atoms with Gasteiger partial charge in [0.15, 0.2) is 0 Å². The number of nitrogens with one attached hydrogen (secondary N) is 2. The first-order valence-corrected chi connectivity index (χ1v) is 14.9. The molecular formula is C32H34F2N8O3. The number of halogens is 2. The van der Waals surface area contributed by atoms with Gasteiger partial charge in [-0.2, -0.15) is 14.9 Å². The van der Waals surface area contributed by atoms with Gasteiger partial charge < -0.3 is 25.8 Å².